The fourth-order valence-electron chi connectivity index (χ4n) is 3.92. The molecule has 2 aromatic carbocycles. The number of hydrogen-bond acceptors (Lipinski definition) is 6. The van der Waals surface area contributed by atoms with Crippen LogP contribution in [-0.4, -0.2) is 49.6 Å². The molecule has 33 heavy (non-hydrogen) atoms. The third kappa shape index (κ3) is 4.55. The lowest BCUT2D eigenvalue weighted by Crippen LogP contribution is -2.28. The summed E-state index contributed by atoms with van der Waals surface area (Å²) in [6.45, 7) is 1.92. The second-order valence-corrected chi connectivity index (χ2v) is 9.47. The van der Waals surface area contributed by atoms with Gasteiger partial charge in [0.25, 0.3) is 10.0 Å². The Morgan fingerprint density at radius 2 is 1.76 bits per heavy atom. The fraction of sp³-hybridized carbons (Fsp3) is 0.318. The van der Waals surface area contributed by atoms with Crippen molar-refractivity contribution in [3.8, 4) is 11.5 Å². The van der Waals surface area contributed by atoms with E-state index in [0.29, 0.717) is 17.9 Å². The van der Waals surface area contributed by atoms with Gasteiger partial charge >= 0.3 is 12.1 Å². The fourth-order valence-corrected chi connectivity index (χ4v) is 5.29. The molecule has 1 aliphatic rings. The van der Waals surface area contributed by atoms with Crippen LogP contribution in [0.1, 0.15) is 18.4 Å². The Labute approximate surface area is 188 Å². The van der Waals surface area contributed by atoms with E-state index in [9.17, 15) is 26.4 Å². The number of esters is 1. The molecule has 0 aliphatic carbocycles. The van der Waals surface area contributed by atoms with Crippen molar-refractivity contribution in [2.45, 2.75) is 30.5 Å². The SMILES string of the molecule is COc1cc(CN2CCCC2)c2c(OC(=O)C(F)(F)F)cn(S(=O)(=O)c3ccccc3)c2c1. The first-order valence-electron chi connectivity index (χ1n) is 10.1. The Hall–Kier alpha value is -3.05. The molecule has 1 aromatic heterocycles. The van der Waals surface area contributed by atoms with Gasteiger partial charge in [-0.25, -0.2) is 17.2 Å². The van der Waals surface area contributed by atoms with Crippen LogP contribution in [0.4, 0.5) is 13.2 Å². The van der Waals surface area contributed by atoms with E-state index in [1.165, 1.54) is 37.4 Å². The number of likely N-dealkylation sites (tertiary alicyclic amines) is 1. The first-order chi connectivity index (χ1) is 15.6. The summed E-state index contributed by atoms with van der Waals surface area (Å²) in [5.41, 5.74) is 0.551. The first-order valence-corrected chi connectivity index (χ1v) is 11.6. The average molecular weight is 482 g/mol. The molecular weight excluding hydrogens is 461 g/mol. The highest BCUT2D eigenvalue weighted by Crippen LogP contribution is 2.38. The molecule has 4 rings (SSSR count). The van der Waals surface area contributed by atoms with Crippen LogP contribution in [0.25, 0.3) is 10.9 Å². The number of fused-ring (bicyclic) bond motifs is 1. The van der Waals surface area contributed by atoms with Gasteiger partial charge in [-0.05, 0) is 49.7 Å². The van der Waals surface area contributed by atoms with Crippen molar-refractivity contribution in [3.05, 3.63) is 54.2 Å². The molecule has 2 heterocycles. The summed E-state index contributed by atoms with van der Waals surface area (Å²) in [4.78, 5) is 13.7. The zero-order valence-electron chi connectivity index (χ0n) is 17.6. The second kappa shape index (κ2) is 8.71. The maximum absolute atomic E-state index is 13.3. The molecular formula is C22H21F3N2O5S. The van der Waals surface area contributed by atoms with Crippen molar-refractivity contribution >= 4 is 26.9 Å². The summed E-state index contributed by atoms with van der Waals surface area (Å²) in [7, 11) is -2.80. The second-order valence-electron chi connectivity index (χ2n) is 7.66. The number of benzene rings is 2. The van der Waals surface area contributed by atoms with E-state index in [-0.39, 0.29) is 15.8 Å². The number of rotatable bonds is 6. The maximum Gasteiger partial charge on any atom is 0.491 e. The van der Waals surface area contributed by atoms with E-state index in [1.807, 2.05) is 0 Å². The lowest BCUT2D eigenvalue weighted by Gasteiger charge is -2.17. The van der Waals surface area contributed by atoms with Crippen LogP contribution in [0.15, 0.2) is 53.6 Å². The van der Waals surface area contributed by atoms with Gasteiger partial charge in [0.05, 0.1) is 23.7 Å². The van der Waals surface area contributed by atoms with E-state index in [0.717, 1.165) is 36.1 Å². The van der Waals surface area contributed by atoms with Gasteiger partial charge in [-0.3, -0.25) is 4.90 Å². The number of carbonyl (C=O) groups is 1. The van der Waals surface area contributed by atoms with E-state index < -0.39 is 27.9 Å². The van der Waals surface area contributed by atoms with Gasteiger partial charge < -0.3 is 9.47 Å². The van der Waals surface area contributed by atoms with Gasteiger partial charge in [-0.2, -0.15) is 13.2 Å². The van der Waals surface area contributed by atoms with Crippen molar-refractivity contribution < 1.29 is 35.9 Å². The third-order valence-electron chi connectivity index (χ3n) is 5.45. The normalized spacial score (nSPS) is 15.2. The summed E-state index contributed by atoms with van der Waals surface area (Å²) in [6.07, 6.45) is -2.38. The molecule has 0 radical (unpaired) electrons. The zero-order chi connectivity index (χ0) is 23.8. The number of carbonyl (C=O) groups excluding carboxylic acids is 1. The van der Waals surface area contributed by atoms with Gasteiger partial charge in [-0.1, -0.05) is 18.2 Å². The van der Waals surface area contributed by atoms with Crippen LogP contribution >= 0.6 is 0 Å². The van der Waals surface area contributed by atoms with E-state index >= 15 is 0 Å². The lowest BCUT2D eigenvalue weighted by molar-refractivity contribution is -0.189. The number of ether oxygens (including phenoxy) is 2. The highest BCUT2D eigenvalue weighted by atomic mass is 32.2. The van der Waals surface area contributed by atoms with Crippen LogP contribution in [0.5, 0.6) is 11.5 Å². The Morgan fingerprint density at radius 1 is 1.09 bits per heavy atom. The van der Waals surface area contributed by atoms with Gasteiger partial charge in [0.1, 0.15) is 5.75 Å². The highest BCUT2D eigenvalue weighted by Gasteiger charge is 2.42. The summed E-state index contributed by atoms with van der Waals surface area (Å²) in [5, 5.41) is 0.111. The Balaban J connectivity index is 1.95. The molecule has 176 valence electrons. The molecule has 3 aromatic rings. The molecule has 1 aliphatic heterocycles. The minimum atomic E-state index is -5.24. The number of methoxy groups -OCH3 is 1. The molecule has 11 heteroatoms. The van der Waals surface area contributed by atoms with E-state index in [1.54, 1.807) is 12.1 Å². The molecule has 0 saturated carbocycles. The van der Waals surface area contributed by atoms with Crippen LogP contribution < -0.4 is 9.47 Å². The van der Waals surface area contributed by atoms with Gasteiger partial charge in [0, 0.05) is 18.0 Å². The topological polar surface area (TPSA) is 77.8 Å². The lowest BCUT2D eigenvalue weighted by atomic mass is 10.1. The minimum absolute atomic E-state index is 0.0531. The smallest absolute Gasteiger partial charge is 0.491 e. The van der Waals surface area contributed by atoms with Crippen LogP contribution in [-0.2, 0) is 21.4 Å². The summed E-state index contributed by atoms with van der Waals surface area (Å²) < 4.78 is 76.4. The van der Waals surface area contributed by atoms with Crippen LogP contribution in [0.3, 0.4) is 0 Å². The van der Waals surface area contributed by atoms with Crippen molar-refractivity contribution in [1.29, 1.82) is 0 Å². The molecule has 7 nitrogen and oxygen atoms in total. The predicted molar refractivity (Wildman–Crippen MR) is 114 cm³/mol. The third-order valence-corrected chi connectivity index (χ3v) is 7.14. The molecule has 1 fully saturated rings. The summed E-state index contributed by atoms with van der Waals surface area (Å²) >= 11 is 0. The van der Waals surface area contributed by atoms with Gasteiger partial charge in [0.15, 0.2) is 5.75 Å². The van der Waals surface area contributed by atoms with E-state index in [2.05, 4.69) is 9.64 Å². The number of halogens is 3. The van der Waals surface area contributed by atoms with Gasteiger partial charge in [-0.15, -0.1) is 0 Å². The van der Waals surface area contributed by atoms with Crippen molar-refractivity contribution in [1.82, 2.24) is 8.87 Å². The molecule has 0 spiro atoms. The quantitative estimate of drug-likeness (QED) is 0.495. The van der Waals surface area contributed by atoms with Crippen molar-refractivity contribution in [2.24, 2.45) is 0 Å². The minimum Gasteiger partial charge on any atom is -0.497 e. The summed E-state index contributed by atoms with van der Waals surface area (Å²) in [6, 6.07) is 10.5. The number of aromatic nitrogens is 1. The summed E-state index contributed by atoms with van der Waals surface area (Å²) in [5.74, 6) is -2.58. The van der Waals surface area contributed by atoms with Crippen molar-refractivity contribution in [2.75, 3.05) is 20.2 Å². The van der Waals surface area contributed by atoms with Crippen LogP contribution in [0, 0.1) is 0 Å². The molecule has 0 bridgehead atoms. The van der Waals surface area contributed by atoms with Gasteiger partial charge in [0.2, 0.25) is 0 Å². The Morgan fingerprint density at radius 3 is 2.36 bits per heavy atom. The maximum atomic E-state index is 13.3. The van der Waals surface area contributed by atoms with E-state index in [4.69, 9.17) is 4.74 Å². The van der Waals surface area contributed by atoms with Crippen LogP contribution in [0.2, 0.25) is 0 Å². The van der Waals surface area contributed by atoms with Crippen molar-refractivity contribution in [3.63, 3.8) is 0 Å². The standard InChI is InChI=1S/C22H21F3N2O5S/c1-31-16-11-15(13-26-9-5-6-10-26)20-18(12-16)27(14-19(20)32-21(28)22(23,24)25)33(29,30)17-7-3-2-4-8-17/h2-4,7-8,11-12,14H,5-6,9-10,13H2,1H3. The monoisotopic (exact) mass is 482 g/mol. The predicted octanol–water partition coefficient (Wildman–Crippen LogP) is 3.95. The molecule has 1 saturated heterocycles. The Kier molecular flexibility index (Phi) is 6.10. The Bertz CT molecular complexity index is 1280. The number of alkyl halides is 3. The molecule has 0 amide bonds. The first kappa shape index (κ1) is 23.1. The largest absolute Gasteiger partial charge is 0.497 e. The zero-order valence-corrected chi connectivity index (χ0v) is 18.4. The number of hydrogen-bond donors (Lipinski definition) is 0. The molecule has 0 atom stereocenters. The molecule has 0 N–H and O–H groups in total. The average Bonchev–Trinajstić information content (AvgIpc) is 3.42. The highest BCUT2D eigenvalue weighted by molar-refractivity contribution is 7.90. The number of nitrogens with zero attached hydrogens (tertiary/aromatic N) is 2. The molecule has 0 unspecified atom stereocenters.